The zero-order valence-corrected chi connectivity index (χ0v) is 21.5. The van der Waals surface area contributed by atoms with E-state index in [0.29, 0.717) is 16.6 Å². The molecule has 0 bridgehead atoms. The molecule has 37 heavy (non-hydrogen) atoms. The first kappa shape index (κ1) is 23.5. The molecule has 0 aliphatic carbocycles. The quantitative estimate of drug-likeness (QED) is 0.208. The second kappa shape index (κ2) is 10.3. The van der Waals surface area contributed by atoms with E-state index in [2.05, 4.69) is 23.2 Å². The van der Waals surface area contributed by atoms with Crippen molar-refractivity contribution in [3.05, 3.63) is 72.6 Å². The molecule has 1 aliphatic rings. The molecule has 0 spiro atoms. The van der Waals surface area contributed by atoms with Gasteiger partial charge < -0.3 is 9.64 Å². The van der Waals surface area contributed by atoms with E-state index in [1.54, 1.807) is 0 Å². The zero-order chi connectivity index (χ0) is 25.2. The summed E-state index contributed by atoms with van der Waals surface area (Å²) in [6.07, 6.45) is 7.94. The van der Waals surface area contributed by atoms with Gasteiger partial charge >= 0.3 is 0 Å². The number of para-hydroxylation sites is 1. The number of hydrogen-bond donors (Lipinski definition) is 0. The molecule has 0 atom stereocenters. The maximum atomic E-state index is 13.1. The van der Waals surface area contributed by atoms with Crippen LogP contribution < -0.4 is 9.64 Å². The van der Waals surface area contributed by atoms with E-state index in [1.807, 2.05) is 74.7 Å². The van der Waals surface area contributed by atoms with Gasteiger partial charge in [0, 0.05) is 30.2 Å². The lowest BCUT2D eigenvalue weighted by Crippen LogP contribution is -2.36. The Morgan fingerprint density at radius 3 is 2.81 bits per heavy atom. The molecule has 6 rings (SSSR count). The number of nitrogens with zero attached hydrogens (tertiary/aromatic N) is 6. The average molecular weight is 513 g/mol. The first-order valence-electron chi connectivity index (χ1n) is 12.7. The molecule has 188 valence electrons. The lowest BCUT2D eigenvalue weighted by molar-refractivity contribution is -0.116. The summed E-state index contributed by atoms with van der Waals surface area (Å²) in [6, 6.07) is 18.2. The smallest absolute Gasteiger partial charge is 0.237 e. The van der Waals surface area contributed by atoms with Crippen LogP contribution in [0.4, 0.5) is 5.69 Å². The van der Waals surface area contributed by atoms with Gasteiger partial charge in [-0.15, -0.1) is 10.2 Å². The number of ether oxygens (including phenoxy) is 1. The van der Waals surface area contributed by atoms with E-state index in [1.165, 1.54) is 17.3 Å². The third kappa shape index (κ3) is 4.67. The van der Waals surface area contributed by atoms with Crippen LogP contribution >= 0.6 is 11.8 Å². The van der Waals surface area contributed by atoms with E-state index < -0.39 is 0 Å². The highest BCUT2D eigenvalue weighted by atomic mass is 32.2. The number of benzene rings is 2. The summed E-state index contributed by atoms with van der Waals surface area (Å²) in [5, 5.41) is 14.2. The van der Waals surface area contributed by atoms with E-state index in [-0.39, 0.29) is 5.91 Å². The second-order valence-corrected chi connectivity index (χ2v) is 10.1. The van der Waals surface area contributed by atoms with Crippen molar-refractivity contribution in [3.63, 3.8) is 0 Å². The fourth-order valence-electron chi connectivity index (χ4n) is 4.68. The van der Waals surface area contributed by atoms with E-state index in [9.17, 15) is 4.79 Å². The van der Waals surface area contributed by atoms with Crippen molar-refractivity contribution >= 4 is 34.5 Å². The number of carbonyl (C=O) groups is 1. The maximum Gasteiger partial charge on any atom is 0.237 e. The first-order valence-corrected chi connectivity index (χ1v) is 13.7. The van der Waals surface area contributed by atoms with Gasteiger partial charge in [0.2, 0.25) is 5.91 Å². The van der Waals surface area contributed by atoms with Crippen LogP contribution in [0.1, 0.15) is 31.7 Å². The van der Waals surface area contributed by atoms with Crippen molar-refractivity contribution in [3.8, 4) is 17.0 Å². The van der Waals surface area contributed by atoms with Crippen molar-refractivity contribution in [2.45, 2.75) is 37.8 Å². The van der Waals surface area contributed by atoms with Gasteiger partial charge in [-0.2, -0.15) is 5.10 Å². The minimum atomic E-state index is 0.0868. The number of fused-ring (bicyclic) bond motifs is 4. The van der Waals surface area contributed by atoms with Gasteiger partial charge in [0.25, 0.3) is 0 Å². The number of rotatable bonds is 8. The highest BCUT2D eigenvalue weighted by Gasteiger charge is 2.23. The van der Waals surface area contributed by atoms with Crippen LogP contribution in [0.15, 0.2) is 72.1 Å². The number of anilines is 1. The fraction of sp³-hybridized carbons (Fsp3) is 0.286. The van der Waals surface area contributed by atoms with Crippen LogP contribution in [0.5, 0.6) is 5.75 Å². The van der Waals surface area contributed by atoms with E-state index in [0.717, 1.165) is 67.0 Å². The average Bonchev–Trinajstić information content (AvgIpc) is 3.56. The molecule has 0 saturated heterocycles. The largest absolute Gasteiger partial charge is 0.494 e. The highest BCUT2D eigenvalue weighted by molar-refractivity contribution is 7.99. The molecular formula is C28H28N6O2S. The molecule has 0 saturated carbocycles. The Labute approximate surface area is 219 Å². The van der Waals surface area contributed by atoms with Crippen molar-refractivity contribution in [1.82, 2.24) is 24.2 Å². The molecule has 1 amide bonds. The molecule has 0 N–H and O–H groups in total. The van der Waals surface area contributed by atoms with Crippen molar-refractivity contribution < 1.29 is 9.53 Å². The molecular weight excluding hydrogens is 484 g/mol. The summed E-state index contributed by atoms with van der Waals surface area (Å²) >= 11 is 1.41. The monoisotopic (exact) mass is 512 g/mol. The first-order chi connectivity index (χ1) is 18.2. The molecule has 5 aromatic rings. The Bertz CT molecular complexity index is 1560. The van der Waals surface area contributed by atoms with Crippen molar-refractivity contribution in [2.75, 3.05) is 23.8 Å². The summed E-state index contributed by atoms with van der Waals surface area (Å²) in [4.78, 5) is 15.0. The van der Waals surface area contributed by atoms with Crippen molar-refractivity contribution in [2.24, 2.45) is 0 Å². The Balaban J connectivity index is 1.20. The molecule has 3 aromatic heterocycles. The number of carbonyl (C=O) groups excluding carboxylic acids is 1. The Kier molecular flexibility index (Phi) is 6.53. The number of hydrogen-bond acceptors (Lipinski definition) is 6. The molecule has 0 fully saturated rings. The summed E-state index contributed by atoms with van der Waals surface area (Å²) in [7, 11) is 0. The minimum absolute atomic E-state index is 0.0868. The molecule has 2 aromatic carbocycles. The lowest BCUT2D eigenvalue weighted by Gasteiger charge is -2.29. The number of unbranched alkanes of at least 4 members (excludes halogenated alkanes) is 1. The second-order valence-electron chi connectivity index (χ2n) is 9.13. The maximum absolute atomic E-state index is 13.1. The van der Waals surface area contributed by atoms with Gasteiger partial charge in [0.1, 0.15) is 11.3 Å². The van der Waals surface area contributed by atoms with Gasteiger partial charge in [-0.25, -0.2) is 4.52 Å². The SMILES string of the molecule is CCCCOc1ccc(-c2cc3c4nnc(SCC(=O)N5CCCc6ccccc65)n4ccn3n2)cc1. The van der Waals surface area contributed by atoms with Gasteiger partial charge in [0.15, 0.2) is 10.8 Å². The number of amides is 1. The highest BCUT2D eigenvalue weighted by Crippen LogP contribution is 2.29. The molecule has 4 heterocycles. The van der Waals surface area contributed by atoms with Crippen LogP contribution in [0.25, 0.3) is 22.4 Å². The van der Waals surface area contributed by atoms with Gasteiger partial charge in [-0.1, -0.05) is 43.3 Å². The molecule has 1 aliphatic heterocycles. The molecule has 0 radical (unpaired) electrons. The summed E-state index contributed by atoms with van der Waals surface area (Å²) in [5.41, 5.74) is 5.68. The number of thioether (sulfide) groups is 1. The third-order valence-corrected chi connectivity index (χ3v) is 7.57. The van der Waals surface area contributed by atoms with Gasteiger partial charge in [0.05, 0.1) is 18.1 Å². The normalized spacial score (nSPS) is 13.3. The Hall–Kier alpha value is -3.85. The molecule has 8 nitrogen and oxygen atoms in total. The van der Waals surface area contributed by atoms with Gasteiger partial charge in [-0.05, 0) is 61.2 Å². The predicted molar refractivity (Wildman–Crippen MR) is 145 cm³/mol. The van der Waals surface area contributed by atoms with Gasteiger partial charge in [-0.3, -0.25) is 9.20 Å². The fourth-order valence-corrected chi connectivity index (χ4v) is 5.48. The molecule has 9 heteroatoms. The number of aryl methyl sites for hydroxylation is 1. The minimum Gasteiger partial charge on any atom is -0.494 e. The third-order valence-electron chi connectivity index (χ3n) is 6.64. The number of aromatic nitrogens is 5. The van der Waals surface area contributed by atoms with Crippen molar-refractivity contribution in [1.29, 1.82) is 0 Å². The Morgan fingerprint density at radius 1 is 1.08 bits per heavy atom. The standard InChI is InChI=1S/C28H28N6O2S/c1-2-3-17-36-22-12-10-20(11-13-22)23-18-25-27-29-30-28(33(27)15-16-34(25)31-23)37-19-26(35)32-14-6-8-21-7-4-5-9-24(21)32/h4-5,7,9-13,15-16,18H,2-3,6,8,14,17,19H2,1H3. The topological polar surface area (TPSA) is 77.0 Å². The van der Waals surface area contributed by atoms with Crippen LogP contribution in [-0.4, -0.2) is 49.0 Å². The van der Waals surface area contributed by atoms with E-state index >= 15 is 0 Å². The van der Waals surface area contributed by atoms with Crippen LogP contribution in [0.3, 0.4) is 0 Å². The lowest BCUT2D eigenvalue weighted by atomic mass is 10.0. The zero-order valence-electron chi connectivity index (χ0n) is 20.7. The van der Waals surface area contributed by atoms with Crippen LogP contribution in [-0.2, 0) is 11.2 Å². The van der Waals surface area contributed by atoms with E-state index in [4.69, 9.17) is 9.84 Å². The summed E-state index contributed by atoms with van der Waals surface area (Å²) < 4.78 is 9.51. The summed E-state index contributed by atoms with van der Waals surface area (Å²) in [5.74, 6) is 1.26. The van der Waals surface area contributed by atoms with Crippen LogP contribution in [0, 0.1) is 0 Å². The predicted octanol–water partition coefficient (Wildman–Crippen LogP) is 5.29. The van der Waals surface area contributed by atoms with Crippen LogP contribution in [0.2, 0.25) is 0 Å². The molecule has 0 unspecified atom stereocenters. The Morgan fingerprint density at radius 2 is 1.95 bits per heavy atom. The summed E-state index contributed by atoms with van der Waals surface area (Å²) in [6.45, 7) is 3.63.